The van der Waals surface area contributed by atoms with E-state index in [9.17, 15) is 29.8 Å². The smallest absolute Gasteiger partial charge is 0.339 e. The fraction of sp³-hybridized carbons (Fsp3) is 0.0667. The molecule has 0 N–H and O–H groups in total. The van der Waals surface area contributed by atoms with Crippen molar-refractivity contribution in [3.8, 4) is 0 Å². The van der Waals surface area contributed by atoms with E-state index < -0.39 is 39.6 Å². The molecule has 0 radical (unpaired) electrons. The van der Waals surface area contributed by atoms with Crippen molar-refractivity contribution in [2.24, 2.45) is 0 Å². The maximum Gasteiger partial charge on any atom is 0.339 e. The number of esters is 1. The van der Waals surface area contributed by atoms with Crippen molar-refractivity contribution >= 4 is 39.1 Å². The number of Topliss-reactive ketones (excluding diaryl/α,β-unsaturated/α-hetero) is 1. The van der Waals surface area contributed by atoms with E-state index in [1.807, 2.05) is 0 Å². The predicted molar refractivity (Wildman–Crippen MR) is 88.5 cm³/mol. The van der Waals surface area contributed by atoms with Gasteiger partial charge in [0.1, 0.15) is 0 Å². The molecule has 0 unspecified atom stereocenters. The molecular formula is C15H9BrN2O7. The number of nitro groups is 2. The van der Waals surface area contributed by atoms with Crippen LogP contribution in [0, 0.1) is 20.2 Å². The Morgan fingerprint density at radius 3 is 1.92 bits per heavy atom. The first-order chi connectivity index (χ1) is 11.8. The summed E-state index contributed by atoms with van der Waals surface area (Å²) in [7, 11) is 0. The standard InChI is InChI=1S/C15H9BrN2O7/c16-11-3-1-9(2-4-11)14(19)8-25-15(20)10-5-12(17(21)22)7-13(6-10)18(23)24/h1-7H,8H2. The average Bonchev–Trinajstić information content (AvgIpc) is 2.59. The van der Waals surface area contributed by atoms with Crippen LogP contribution in [-0.2, 0) is 4.74 Å². The highest BCUT2D eigenvalue weighted by Crippen LogP contribution is 2.23. The maximum atomic E-state index is 12.0. The number of hydrogen-bond acceptors (Lipinski definition) is 7. The molecule has 0 amide bonds. The number of ketones is 1. The number of carbonyl (C=O) groups is 2. The van der Waals surface area contributed by atoms with Crippen molar-refractivity contribution in [3.63, 3.8) is 0 Å². The first-order valence-electron chi connectivity index (χ1n) is 6.67. The van der Waals surface area contributed by atoms with Gasteiger partial charge in [0.15, 0.2) is 12.4 Å². The van der Waals surface area contributed by atoms with E-state index in [4.69, 9.17) is 4.74 Å². The van der Waals surface area contributed by atoms with Gasteiger partial charge in [-0.3, -0.25) is 25.0 Å². The zero-order valence-corrected chi connectivity index (χ0v) is 14.0. The topological polar surface area (TPSA) is 130 Å². The average molecular weight is 409 g/mol. The summed E-state index contributed by atoms with van der Waals surface area (Å²) in [5.74, 6) is -1.56. The minimum Gasteiger partial charge on any atom is -0.454 e. The number of halogens is 1. The highest BCUT2D eigenvalue weighted by atomic mass is 79.9. The lowest BCUT2D eigenvalue weighted by Crippen LogP contribution is -2.14. The Morgan fingerprint density at radius 2 is 1.44 bits per heavy atom. The van der Waals surface area contributed by atoms with Crippen molar-refractivity contribution in [3.05, 3.63) is 78.3 Å². The van der Waals surface area contributed by atoms with Crippen LogP contribution in [0.2, 0.25) is 0 Å². The summed E-state index contributed by atoms with van der Waals surface area (Å²) in [5, 5.41) is 21.6. The summed E-state index contributed by atoms with van der Waals surface area (Å²) in [4.78, 5) is 43.8. The van der Waals surface area contributed by atoms with Crippen LogP contribution in [0.3, 0.4) is 0 Å². The van der Waals surface area contributed by atoms with Gasteiger partial charge in [-0.1, -0.05) is 28.1 Å². The quantitative estimate of drug-likeness (QED) is 0.310. The fourth-order valence-electron chi connectivity index (χ4n) is 1.86. The number of hydrogen-bond donors (Lipinski definition) is 0. The minimum absolute atomic E-state index is 0.307. The maximum absolute atomic E-state index is 12.0. The molecule has 128 valence electrons. The number of ether oxygens (including phenoxy) is 1. The Balaban J connectivity index is 2.14. The van der Waals surface area contributed by atoms with Gasteiger partial charge in [0.25, 0.3) is 11.4 Å². The molecule has 0 fully saturated rings. The minimum atomic E-state index is -1.07. The molecule has 0 aromatic heterocycles. The van der Waals surface area contributed by atoms with Gasteiger partial charge >= 0.3 is 5.97 Å². The van der Waals surface area contributed by atoms with Crippen molar-refractivity contribution in [1.82, 2.24) is 0 Å². The van der Waals surface area contributed by atoms with Crippen LogP contribution >= 0.6 is 15.9 Å². The molecular weight excluding hydrogens is 400 g/mol. The van der Waals surface area contributed by atoms with Gasteiger partial charge < -0.3 is 4.74 Å². The molecule has 0 bridgehead atoms. The molecule has 9 nitrogen and oxygen atoms in total. The predicted octanol–water partition coefficient (Wildman–Crippen LogP) is 3.31. The lowest BCUT2D eigenvalue weighted by Gasteiger charge is -2.05. The molecule has 2 rings (SSSR count). The number of rotatable bonds is 6. The van der Waals surface area contributed by atoms with Gasteiger partial charge in [0, 0.05) is 22.2 Å². The highest BCUT2D eigenvalue weighted by molar-refractivity contribution is 9.10. The van der Waals surface area contributed by atoms with Crippen LogP contribution in [0.25, 0.3) is 0 Å². The van der Waals surface area contributed by atoms with E-state index in [1.165, 1.54) is 12.1 Å². The molecule has 0 saturated carbocycles. The van der Waals surface area contributed by atoms with Gasteiger partial charge in [-0.25, -0.2) is 4.79 Å². The van der Waals surface area contributed by atoms with Crippen molar-refractivity contribution in [1.29, 1.82) is 0 Å². The Kier molecular flexibility index (Phi) is 5.55. The van der Waals surface area contributed by atoms with Crippen molar-refractivity contribution in [2.75, 3.05) is 6.61 Å². The van der Waals surface area contributed by atoms with Gasteiger partial charge in [-0.2, -0.15) is 0 Å². The Labute approximate surface area is 148 Å². The molecule has 0 spiro atoms. The second-order valence-electron chi connectivity index (χ2n) is 4.76. The van der Waals surface area contributed by atoms with E-state index in [0.29, 0.717) is 5.56 Å². The third kappa shape index (κ3) is 4.67. The summed E-state index contributed by atoms with van der Waals surface area (Å²) < 4.78 is 5.57. The van der Waals surface area contributed by atoms with Crippen LogP contribution in [0.4, 0.5) is 11.4 Å². The summed E-state index contributed by atoms with van der Waals surface area (Å²) in [6.07, 6.45) is 0. The van der Waals surface area contributed by atoms with E-state index in [1.54, 1.807) is 12.1 Å². The third-order valence-corrected chi connectivity index (χ3v) is 3.59. The molecule has 10 heteroatoms. The van der Waals surface area contributed by atoms with Crippen LogP contribution in [-0.4, -0.2) is 28.2 Å². The van der Waals surface area contributed by atoms with E-state index >= 15 is 0 Å². The Hall–Kier alpha value is -3.14. The van der Waals surface area contributed by atoms with Gasteiger partial charge in [0.2, 0.25) is 0 Å². The molecule has 0 aliphatic rings. The largest absolute Gasteiger partial charge is 0.454 e. The number of nitrogens with zero attached hydrogens (tertiary/aromatic N) is 2. The van der Waals surface area contributed by atoms with Crippen molar-refractivity contribution < 1.29 is 24.2 Å². The molecule has 0 heterocycles. The molecule has 0 atom stereocenters. The zero-order valence-electron chi connectivity index (χ0n) is 12.4. The Bertz CT molecular complexity index is 832. The molecule has 0 aliphatic carbocycles. The molecule has 0 saturated heterocycles. The lowest BCUT2D eigenvalue weighted by atomic mass is 10.1. The summed E-state index contributed by atoms with van der Waals surface area (Å²) >= 11 is 3.22. The van der Waals surface area contributed by atoms with Crippen LogP contribution in [0.1, 0.15) is 20.7 Å². The van der Waals surface area contributed by atoms with E-state index in [0.717, 1.165) is 22.7 Å². The molecule has 25 heavy (non-hydrogen) atoms. The SMILES string of the molecule is O=C(COC(=O)c1cc([N+](=O)[O-])cc([N+](=O)[O-])c1)c1ccc(Br)cc1. The first-order valence-corrected chi connectivity index (χ1v) is 7.47. The van der Waals surface area contributed by atoms with E-state index in [2.05, 4.69) is 15.9 Å². The van der Waals surface area contributed by atoms with Gasteiger partial charge in [0.05, 0.1) is 21.5 Å². The molecule has 2 aromatic carbocycles. The number of benzene rings is 2. The van der Waals surface area contributed by atoms with Crippen LogP contribution < -0.4 is 0 Å². The molecule has 2 aromatic rings. The second-order valence-corrected chi connectivity index (χ2v) is 5.67. The first kappa shape index (κ1) is 18.2. The van der Waals surface area contributed by atoms with E-state index in [-0.39, 0.29) is 5.56 Å². The lowest BCUT2D eigenvalue weighted by molar-refractivity contribution is -0.394. The van der Waals surface area contributed by atoms with Crippen LogP contribution in [0.15, 0.2) is 46.9 Å². The molecule has 0 aliphatic heterocycles. The second kappa shape index (κ2) is 7.62. The normalized spacial score (nSPS) is 10.1. The third-order valence-electron chi connectivity index (χ3n) is 3.06. The number of nitro benzene ring substituents is 2. The summed E-state index contributed by atoms with van der Waals surface area (Å²) in [6, 6.07) is 8.75. The zero-order chi connectivity index (χ0) is 18.6. The highest BCUT2D eigenvalue weighted by Gasteiger charge is 2.21. The number of non-ortho nitro benzene ring substituents is 2. The fourth-order valence-corrected chi connectivity index (χ4v) is 2.12. The van der Waals surface area contributed by atoms with Crippen molar-refractivity contribution in [2.45, 2.75) is 0 Å². The van der Waals surface area contributed by atoms with Gasteiger partial charge in [-0.15, -0.1) is 0 Å². The van der Waals surface area contributed by atoms with Crippen LogP contribution in [0.5, 0.6) is 0 Å². The monoisotopic (exact) mass is 408 g/mol. The summed E-state index contributed by atoms with van der Waals surface area (Å²) in [5.41, 5.74) is -1.33. The number of carbonyl (C=O) groups excluding carboxylic acids is 2. The van der Waals surface area contributed by atoms with Gasteiger partial charge in [-0.05, 0) is 12.1 Å². The Morgan fingerprint density at radius 1 is 0.920 bits per heavy atom. The summed E-state index contributed by atoms with van der Waals surface area (Å²) in [6.45, 7) is -0.600.